The third-order valence-corrected chi connectivity index (χ3v) is 12.7. The first-order valence-electron chi connectivity index (χ1n) is 11.4. The predicted octanol–water partition coefficient (Wildman–Crippen LogP) is 7.40. The van der Waals surface area contributed by atoms with Gasteiger partial charge in [-0.3, -0.25) is 0 Å². The largest absolute Gasteiger partial charge is 2.00 e. The van der Waals surface area contributed by atoms with Crippen LogP contribution in [0.5, 0.6) is 0 Å². The Morgan fingerprint density at radius 3 is 1.16 bits per heavy atom. The third-order valence-electron chi connectivity index (χ3n) is 3.99. The van der Waals surface area contributed by atoms with Crippen LogP contribution >= 0.6 is 34.2 Å². The normalized spacial score (nSPS) is 14.6. The van der Waals surface area contributed by atoms with E-state index in [1.807, 2.05) is 0 Å². The van der Waals surface area contributed by atoms with E-state index >= 15 is 0 Å². The van der Waals surface area contributed by atoms with Crippen LogP contribution in [-0.2, 0) is 52.1 Å². The zero-order valence-corrected chi connectivity index (χ0v) is 28.2. The Balaban J connectivity index is -0.000000490. The number of unbranched alkanes of at least 4 members (excludes halogenated alkanes) is 8. The first kappa shape index (κ1) is 38.0. The smallest absolute Gasteiger partial charge is 0.793 e. The molecule has 0 aromatic rings. The van der Waals surface area contributed by atoms with Crippen LogP contribution in [0.3, 0.4) is 0 Å². The van der Waals surface area contributed by atoms with Crippen LogP contribution in [-0.4, -0.2) is 24.7 Å². The van der Waals surface area contributed by atoms with Crippen LogP contribution in [0.25, 0.3) is 0 Å². The fourth-order valence-electron chi connectivity index (χ4n) is 2.19. The monoisotopic (exact) mass is 602 g/mol. The molecule has 184 valence electrons. The SMILES string of the molecule is CCCCCOP([O-])(=S)SCCCCC.CCCCCOP([O-])(=S)SCCCCC.[Zn+2]. The van der Waals surface area contributed by atoms with E-state index < -0.39 is 11.4 Å². The fraction of sp³-hybridized carbons (Fsp3) is 1.00. The van der Waals surface area contributed by atoms with Crippen molar-refractivity contribution < 1.29 is 38.3 Å². The molecule has 0 fully saturated rings. The van der Waals surface area contributed by atoms with Gasteiger partial charge in [-0.25, -0.2) is 0 Å². The molecule has 0 spiro atoms. The molecule has 0 aliphatic rings. The molecular weight excluding hydrogens is 560 g/mol. The van der Waals surface area contributed by atoms with Crippen molar-refractivity contribution in [3.05, 3.63) is 0 Å². The molecule has 0 radical (unpaired) electrons. The van der Waals surface area contributed by atoms with Crippen molar-refractivity contribution in [3.8, 4) is 0 Å². The molecule has 0 rings (SSSR count). The molecule has 0 aromatic carbocycles. The second-order valence-corrected chi connectivity index (χ2v) is 19.4. The van der Waals surface area contributed by atoms with Crippen molar-refractivity contribution in [3.63, 3.8) is 0 Å². The van der Waals surface area contributed by atoms with Gasteiger partial charge in [-0.2, -0.15) is 0 Å². The van der Waals surface area contributed by atoms with Gasteiger partial charge in [-0.15, -0.1) is 22.8 Å². The molecule has 31 heavy (non-hydrogen) atoms. The van der Waals surface area contributed by atoms with E-state index in [0.29, 0.717) is 13.2 Å². The Morgan fingerprint density at radius 2 is 0.871 bits per heavy atom. The summed E-state index contributed by atoms with van der Waals surface area (Å²) in [4.78, 5) is 23.4. The van der Waals surface area contributed by atoms with E-state index in [4.69, 9.17) is 32.7 Å². The van der Waals surface area contributed by atoms with Crippen molar-refractivity contribution in [2.75, 3.05) is 24.7 Å². The molecule has 0 saturated carbocycles. The molecule has 0 N–H and O–H groups in total. The summed E-state index contributed by atoms with van der Waals surface area (Å²) < 4.78 is 10.5. The molecule has 0 amide bonds. The van der Waals surface area contributed by atoms with Gasteiger partial charge in [-0.1, -0.05) is 103 Å². The van der Waals surface area contributed by atoms with E-state index in [-0.39, 0.29) is 19.5 Å². The first-order chi connectivity index (χ1) is 14.2. The standard InChI is InChI=1S/2C10H23O2PS2.Zn/c2*1-3-5-7-9-12-13(11,14)15-10-8-6-4-2;/h2*3-10H2,1-2H3,(H,11,14);/q;;+2/p-2. The summed E-state index contributed by atoms with van der Waals surface area (Å²) in [7, 11) is 0. The Kier molecular flexibility index (Phi) is 33.2. The maximum absolute atomic E-state index is 11.7. The summed E-state index contributed by atoms with van der Waals surface area (Å²) in [5, 5.41) is 0. The van der Waals surface area contributed by atoms with Crippen molar-refractivity contribution >= 4 is 57.8 Å². The fourth-order valence-corrected chi connectivity index (χ4v) is 8.96. The summed E-state index contributed by atoms with van der Waals surface area (Å²) >= 11 is 12.5. The third kappa shape index (κ3) is 32.5. The summed E-state index contributed by atoms with van der Waals surface area (Å²) in [6, 6.07) is 0. The van der Waals surface area contributed by atoms with Crippen LogP contribution in [0, 0.1) is 0 Å². The van der Waals surface area contributed by atoms with Crippen LogP contribution < -0.4 is 9.79 Å². The first-order valence-corrected chi connectivity index (χ1v) is 19.9. The Bertz CT molecular complexity index is 391. The number of hydrogen-bond acceptors (Lipinski definition) is 8. The molecule has 0 aliphatic heterocycles. The molecule has 0 saturated heterocycles. The van der Waals surface area contributed by atoms with Crippen molar-refractivity contribution in [2.24, 2.45) is 0 Å². The summed E-state index contributed by atoms with van der Waals surface area (Å²) in [6.07, 6.45) is 13.4. The van der Waals surface area contributed by atoms with E-state index in [1.54, 1.807) is 0 Å². The second-order valence-electron chi connectivity index (χ2n) is 7.06. The van der Waals surface area contributed by atoms with Gasteiger partial charge in [0, 0.05) is 11.4 Å². The zero-order chi connectivity index (χ0) is 23.1. The van der Waals surface area contributed by atoms with Gasteiger partial charge in [0.1, 0.15) is 0 Å². The Morgan fingerprint density at radius 1 is 0.581 bits per heavy atom. The second kappa shape index (κ2) is 27.1. The number of rotatable bonds is 20. The quantitative estimate of drug-likeness (QED) is 0.0810. The molecule has 11 heteroatoms. The molecule has 0 bridgehead atoms. The maximum Gasteiger partial charge on any atom is 2.00 e. The van der Waals surface area contributed by atoms with Crippen molar-refractivity contribution in [1.82, 2.24) is 0 Å². The summed E-state index contributed by atoms with van der Waals surface area (Å²) in [5.41, 5.74) is -5.55. The van der Waals surface area contributed by atoms with Crippen LogP contribution in [0.1, 0.15) is 105 Å². The van der Waals surface area contributed by atoms with Gasteiger partial charge in [0.25, 0.3) is 0 Å². The zero-order valence-electron chi connectivity index (χ0n) is 20.2. The molecule has 0 heterocycles. The van der Waals surface area contributed by atoms with Gasteiger partial charge in [0.2, 0.25) is 0 Å². The minimum Gasteiger partial charge on any atom is -0.793 e. The van der Waals surface area contributed by atoms with Crippen LogP contribution in [0.2, 0.25) is 0 Å². The molecule has 4 nitrogen and oxygen atoms in total. The molecule has 0 aliphatic carbocycles. The average Bonchev–Trinajstić information content (AvgIpc) is 2.70. The molecule has 2 unspecified atom stereocenters. The van der Waals surface area contributed by atoms with Gasteiger partial charge >= 0.3 is 19.5 Å². The summed E-state index contributed by atoms with van der Waals surface area (Å²) in [5.74, 6) is 1.73. The van der Waals surface area contributed by atoms with Crippen molar-refractivity contribution in [1.29, 1.82) is 0 Å². The maximum atomic E-state index is 11.7. The molecule has 0 aromatic heterocycles. The minimum atomic E-state index is -2.77. The van der Waals surface area contributed by atoms with E-state index in [2.05, 4.69) is 27.7 Å². The number of hydrogen-bond donors (Lipinski definition) is 0. The van der Waals surface area contributed by atoms with E-state index in [9.17, 15) is 9.79 Å². The Labute approximate surface area is 224 Å². The van der Waals surface area contributed by atoms with Gasteiger partial charge in [-0.05, 0) is 37.2 Å². The average molecular weight is 604 g/mol. The van der Waals surface area contributed by atoms with Crippen LogP contribution in [0.15, 0.2) is 0 Å². The summed E-state index contributed by atoms with van der Waals surface area (Å²) in [6.45, 7) is 9.67. The topological polar surface area (TPSA) is 64.6 Å². The molecular formula is C20H44O4P2S4Zn. The van der Waals surface area contributed by atoms with Gasteiger partial charge in [0.15, 0.2) is 0 Å². The van der Waals surface area contributed by atoms with E-state index in [1.165, 1.54) is 48.4 Å². The van der Waals surface area contributed by atoms with Crippen LogP contribution in [0.4, 0.5) is 0 Å². The Hall–Kier alpha value is 2.46. The van der Waals surface area contributed by atoms with Gasteiger partial charge in [0.05, 0.1) is 13.2 Å². The van der Waals surface area contributed by atoms with Gasteiger partial charge < -0.3 is 18.8 Å². The minimum absolute atomic E-state index is 0. The predicted molar refractivity (Wildman–Crippen MR) is 143 cm³/mol. The van der Waals surface area contributed by atoms with E-state index in [0.717, 1.165) is 62.9 Å². The van der Waals surface area contributed by atoms with Crippen molar-refractivity contribution in [2.45, 2.75) is 105 Å². The molecule has 2 atom stereocenters.